The Balaban J connectivity index is 1.98. The van der Waals surface area contributed by atoms with E-state index in [0.717, 1.165) is 6.54 Å². The van der Waals surface area contributed by atoms with Crippen molar-refractivity contribution in [2.75, 3.05) is 13.1 Å². The first-order valence-electron chi connectivity index (χ1n) is 5.51. The Morgan fingerprint density at radius 1 is 1.53 bits per heavy atom. The molecule has 0 spiro atoms. The third kappa shape index (κ3) is 3.05. The van der Waals surface area contributed by atoms with Gasteiger partial charge in [-0.3, -0.25) is 4.90 Å². The molecule has 0 saturated carbocycles. The molecule has 0 aromatic carbocycles. The van der Waals surface area contributed by atoms with Gasteiger partial charge in [0.15, 0.2) is 0 Å². The normalized spacial score (nSPS) is 21.8. The Morgan fingerprint density at radius 2 is 2.33 bits per heavy atom. The van der Waals surface area contributed by atoms with E-state index in [4.69, 9.17) is 0 Å². The molecule has 1 saturated heterocycles. The number of piperidine rings is 1. The number of halogens is 1. The highest BCUT2D eigenvalue weighted by Crippen LogP contribution is 2.31. The second-order valence-corrected chi connectivity index (χ2v) is 7.03. The zero-order valence-electron chi connectivity index (χ0n) is 9.42. The van der Waals surface area contributed by atoms with Crippen molar-refractivity contribution in [3.05, 3.63) is 20.8 Å². The molecule has 1 nitrogen and oxygen atoms in total. The van der Waals surface area contributed by atoms with Crippen molar-refractivity contribution >= 4 is 27.3 Å². The number of nitrogens with zero attached hydrogens (tertiary/aromatic N) is 1. The molecule has 0 aliphatic carbocycles. The summed E-state index contributed by atoms with van der Waals surface area (Å²) in [6, 6.07) is 2.15. The third-order valence-electron chi connectivity index (χ3n) is 3.04. The largest absolute Gasteiger partial charge is 0.298 e. The molecule has 0 N–H and O–H groups in total. The summed E-state index contributed by atoms with van der Waals surface area (Å²) >= 11 is 5.46. The molecule has 1 aliphatic rings. The first-order chi connectivity index (χ1) is 7.07. The maximum atomic E-state index is 3.61. The number of hydrogen-bond acceptors (Lipinski definition) is 2. The van der Waals surface area contributed by atoms with Crippen LogP contribution in [-0.4, -0.2) is 18.0 Å². The lowest BCUT2D eigenvalue weighted by molar-refractivity contribution is 0.112. The maximum absolute atomic E-state index is 3.61. The highest BCUT2D eigenvalue weighted by Gasteiger charge is 2.26. The molecule has 3 heteroatoms. The number of thiophene rings is 1. The monoisotopic (exact) mass is 287 g/mol. The molecule has 84 valence electrons. The molecule has 0 atom stereocenters. The van der Waals surface area contributed by atoms with E-state index in [1.807, 2.05) is 11.3 Å². The summed E-state index contributed by atoms with van der Waals surface area (Å²) < 4.78 is 1.27. The van der Waals surface area contributed by atoms with Gasteiger partial charge in [0.2, 0.25) is 0 Å². The van der Waals surface area contributed by atoms with E-state index in [0.29, 0.717) is 5.41 Å². The second kappa shape index (κ2) is 4.56. The summed E-state index contributed by atoms with van der Waals surface area (Å²) in [7, 11) is 0. The Hall–Kier alpha value is 0.140. The van der Waals surface area contributed by atoms with Crippen LogP contribution < -0.4 is 0 Å². The molecule has 0 radical (unpaired) electrons. The minimum Gasteiger partial charge on any atom is -0.298 e. The van der Waals surface area contributed by atoms with Crippen molar-refractivity contribution in [3.63, 3.8) is 0 Å². The number of hydrogen-bond donors (Lipinski definition) is 0. The van der Waals surface area contributed by atoms with E-state index < -0.39 is 0 Å². The summed E-state index contributed by atoms with van der Waals surface area (Å²) in [6.45, 7) is 8.36. The third-order valence-corrected chi connectivity index (χ3v) is 4.95. The van der Waals surface area contributed by atoms with Gasteiger partial charge >= 0.3 is 0 Å². The predicted octanol–water partition coefficient (Wildman–Crippen LogP) is 4.13. The summed E-state index contributed by atoms with van der Waals surface area (Å²) in [5.74, 6) is 0. The van der Waals surface area contributed by atoms with Gasteiger partial charge in [0.05, 0.1) is 0 Å². The zero-order valence-corrected chi connectivity index (χ0v) is 11.8. The van der Waals surface area contributed by atoms with Gasteiger partial charge in [0.1, 0.15) is 0 Å². The highest BCUT2D eigenvalue weighted by atomic mass is 79.9. The number of likely N-dealkylation sites (tertiary alicyclic amines) is 1. The van der Waals surface area contributed by atoms with Gasteiger partial charge in [0.25, 0.3) is 0 Å². The highest BCUT2D eigenvalue weighted by molar-refractivity contribution is 9.10. The quantitative estimate of drug-likeness (QED) is 0.791. The average Bonchev–Trinajstić information content (AvgIpc) is 2.50. The molecule has 2 rings (SSSR count). The van der Waals surface area contributed by atoms with Crippen molar-refractivity contribution in [2.24, 2.45) is 5.41 Å². The molecule has 1 aliphatic heterocycles. The van der Waals surface area contributed by atoms with E-state index in [1.54, 1.807) is 0 Å². The van der Waals surface area contributed by atoms with Crippen LogP contribution in [0.4, 0.5) is 0 Å². The SMILES string of the molecule is CC1(C)CCCN(Cc2sccc2Br)C1. The van der Waals surface area contributed by atoms with Crippen LogP contribution in [0, 0.1) is 5.41 Å². The molecule has 0 amide bonds. The predicted molar refractivity (Wildman–Crippen MR) is 70.3 cm³/mol. The van der Waals surface area contributed by atoms with Crippen LogP contribution in [0.25, 0.3) is 0 Å². The molecule has 1 aromatic rings. The Labute approximate surface area is 105 Å². The lowest BCUT2D eigenvalue weighted by atomic mass is 9.84. The standard InChI is InChI=1S/C12H18BrNS/c1-12(2)5-3-6-14(9-12)8-11-10(13)4-7-15-11/h4,7H,3,5-6,8-9H2,1-2H3. The Bertz CT molecular complexity index is 332. The zero-order chi connectivity index (χ0) is 10.9. The van der Waals surface area contributed by atoms with Gasteiger partial charge in [-0.05, 0) is 52.2 Å². The van der Waals surface area contributed by atoms with Crippen molar-refractivity contribution < 1.29 is 0 Å². The first kappa shape index (κ1) is 11.6. The summed E-state index contributed by atoms with van der Waals surface area (Å²) in [4.78, 5) is 4.05. The average molecular weight is 288 g/mol. The lowest BCUT2D eigenvalue weighted by Gasteiger charge is -2.37. The van der Waals surface area contributed by atoms with Gasteiger partial charge in [-0.1, -0.05) is 13.8 Å². The van der Waals surface area contributed by atoms with Crippen molar-refractivity contribution in [3.8, 4) is 0 Å². The number of rotatable bonds is 2. The molecule has 0 unspecified atom stereocenters. The van der Waals surface area contributed by atoms with Gasteiger partial charge in [-0.2, -0.15) is 0 Å². The molecule has 0 bridgehead atoms. The van der Waals surface area contributed by atoms with E-state index in [-0.39, 0.29) is 0 Å². The molecule has 15 heavy (non-hydrogen) atoms. The van der Waals surface area contributed by atoms with Crippen molar-refractivity contribution in [2.45, 2.75) is 33.2 Å². The van der Waals surface area contributed by atoms with E-state index in [1.165, 1.54) is 35.3 Å². The van der Waals surface area contributed by atoms with Crippen LogP contribution in [0.2, 0.25) is 0 Å². The fraction of sp³-hybridized carbons (Fsp3) is 0.667. The smallest absolute Gasteiger partial charge is 0.0339 e. The van der Waals surface area contributed by atoms with Gasteiger partial charge in [0, 0.05) is 22.4 Å². The fourth-order valence-corrected chi connectivity index (χ4v) is 3.84. The van der Waals surface area contributed by atoms with Crippen molar-refractivity contribution in [1.82, 2.24) is 4.90 Å². The molecule has 2 heterocycles. The minimum absolute atomic E-state index is 0.502. The van der Waals surface area contributed by atoms with Crippen LogP contribution in [0.1, 0.15) is 31.6 Å². The van der Waals surface area contributed by atoms with E-state index >= 15 is 0 Å². The van der Waals surface area contributed by atoms with Gasteiger partial charge in [-0.25, -0.2) is 0 Å². The summed E-state index contributed by atoms with van der Waals surface area (Å²) in [5, 5.41) is 2.16. The molecular weight excluding hydrogens is 270 g/mol. The molecule has 1 aromatic heterocycles. The van der Waals surface area contributed by atoms with Gasteiger partial charge in [-0.15, -0.1) is 11.3 Å². The van der Waals surface area contributed by atoms with Crippen LogP contribution in [0.5, 0.6) is 0 Å². The van der Waals surface area contributed by atoms with Gasteiger partial charge < -0.3 is 0 Å². The van der Waals surface area contributed by atoms with E-state index in [9.17, 15) is 0 Å². The fourth-order valence-electron chi connectivity index (χ4n) is 2.32. The lowest BCUT2D eigenvalue weighted by Crippen LogP contribution is -2.39. The minimum atomic E-state index is 0.502. The topological polar surface area (TPSA) is 3.24 Å². The van der Waals surface area contributed by atoms with Crippen LogP contribution in [0.3, 0.4) is 0 Å². The molecule has 1 fully saturated rings. The van der Waals surface area contributed by atoms with Crippen LogP contribution in [0.15, 0.2) is 15.9 Å². The Morgan fingerprint density at radius 3 is 2.93 bits per heavy atom. The van der Waals surface area contributed by atoms with Crippen molar-refractivity contribution in [1.29, 1.82) is 0 Å². The second-order valence-electron chi connectivity index (χ2n) is 5.17. The summed E-state index contributed by atoms with van der Waals surface area (Å²) in [6.07, 6.45) is 2.71. The summed E-state index contributed by atoms with van der Waals surface area (Å²) in [5.41, 5.74) is 0.502. The van der Waals surface area contributed by atoms with E-state index in [2.05, 4.69) is 46.1 Å². The van der Waals surface area contributed by atoms with Crippen LogP contribution >= 0.6 is 27.3 Å². The Kier molecular flexibility index (Phi) is 3.53. The van der Waals surface area contributed by atoms with Crippen LogP contribution in [-0.2, 0) is 6.54 Å². The maximum Gasteiger partial charge on any atom is 0.0339 e. The molecular formula is C12H18BrNS. The first-order valence-corrected chi connectivity index (χ1v) is 7.18.